The number of nitrogens with one attached hydrogen (secondary N) is 1. The van der Waals surface area contributed by atoms with E-state index in [2.05, 4.69) is 10.4 Å². The van der Waals surface area contributed by atoms with E-state index in [4.69, 9.17) is 17.2 Å². The number of anilines is 4. The van der Waals surface area contributed by atoms with Crippen LogP contribution in [0.5, 0.6) is 0 Å². The van der Waals surface area contributed by atoms with E-state index in [0.29, 0.717) is 0 Å². The van der Waals surface area contributed by atoms with Crippen molar-refractivity contribution in [3.63, 3.8) is 0 Å². The predicted octanol–water partition coefficient (Wildman–Crippen LogP) is -1.50. The van der Waals surface area contributed by atoms with Crippen molar-refractivity contribution in [3.05, 3.63) is 5.21 Å². The summed E-state index contributed by atoms with van der Waals surface area (Å²) in [6, 6.07) is 0. The largest absolute Gasteiger partial charge is 0.691 e. The second kappa shape index (κ2) is 2.61. The number of nitrogen functional groups attached to an aromatic ring is 3. The molecule has 0 saturated heterocycles. The minimum absolute atomic E-state index is 0.0457. The van der Waals surface area contributed by atoms with Gasteiger partial charge < -0.3 is 22.0 Å². The molecule has 0 aliphatic heterocycles. The Hall–Kier alpha value is -1.92. The normalized spacial score (nSPS) is 9.75. The van der Waals surface area contributed by atoms with Crippen LogP contribution in [-0.2, 0) is 0 Å². The molecule has 0 fully saturated rings. The standard InChI is InChI=1S/C5H10N6O/c1-9-5-3(7)2(6)4(8)11(12)10-5/h6-8H2,1H3,(H,9,10). The summed E-state index contributed by atoms with van der Waals surface area (Å²) < 4.78 is 0. The number of nitrogens with two attached hydrogens (primary N) is 3. The van der Waals surface area contributed by atoms with E-state index >= 15 is 0 Å². The summed E-state index contributed by atoms with van der Waals surface area (Å²) in [5.74, 6) is 0.0307. The zero-order chi connectivity index (χ0) is 9.30. The molecule has 1 heterocycles. The lowest BCUT2D eigenvalue weighted by molar-refractivity contribution is -0.652. The molecule has 0 spiro atoms. The Balaban J connectivity index is 3.39. The first-order valence-electron chi connectivity index (χ1n) is 3.20. The Morgan fingerprint density at radius 3 is 2.42 bits per heavy atom. The van der Waals surface area contributed by atoms with Gasteiger partial charge in [-0.3, -0.25) is 5.73 Å². The molecule has 1 aromatic rings. The van der Waals surface area contributed by atoms with Crippen molar-refractivity contribution in [1.82, 2.24) is 5.10 Å². The molecule has 12 heavy (non-hydrogen) atoms. The Morgan fingerprint density at radius 2 is 1.92 bits per heavy atom. The molecule has 1 aromatic heterocycles. The van der Waals surface area contributed by atoms with E-state index in [1.165, 1.54) is 0 Å². The fraction of sp³-hybridized carbons (Fsp3) is 0.200. The minimum Gasteiger partial charge on any atom is -0.691 e. The molecule has 0 aliphatic rings. The zero-order valence-electron chi connectivity index (χ0n) is 6.53. The second-order valence-electron chi connectivity index (χ2n) is 2.18. The first kappa shape index (κ1) is 8.18. The molecule has 66 valence electrons. The summed E-state index contributed by atoms with van der Waals surface area (Å²) in [6.45, 7) is 0. The second-order valence-corrected chi connectivity index (χ2v) is 2.18. The highest BCUT2D eigenvalue weighted by Crippen LogP contribution is 2.23. The smallest absolute Gasteiger partial charge is 0.322 e. The van der Waals surface area contributed by atoms with Crippen LogP contribution in [-0.4, -0.2) is 12.1 Å². The van der Waals surface area contributed by atoms with Crippen molar-refractivity contribution in [2.45, 2.75) is 0 Å². The molecule has 0 saturated carbocycles. The lowest BCUT2D eigenvalue weighted by Crippen LogP contribution is -2.37. The molecule has 7 heteroatoms. The zero-order valence-corrected chi connectivity index (χ0v) is 6.53. The quantitative estimate of drug-likeness (QED) is 0.300. The van der Waals surface area contributed by atoms with Crippen molar-refractivity contribution in [3.8, 4) is 0 Å². The first-order valence-corrected chi connectivity index (χ1v) is 3.20. The van der Waals surface area contributed by atoms with Gasteiger partial charge in [0.2, 0.25) is 0 Å². The number of rotatable bonds is 1. The molecule has 0 amide bonds. The van der Waals surface area contributed by atoms with Gasteiger partial charge in [-0.25, -0.2) is 0 Å². The summed E-state index contributed by atoms with van der Waals surface area (Å²) in [5, 5.41) is 17.0. The van der Waals surface area contributed by atoms with Crippen LogP contribution >= 0.6 is 0 Å². The first-order chi connectivity index (χ1) is 5.57. The lowest BCUT2D eigenvalue weighted by atomic mass is 10.3. The fourth-order valence-electron chi connectivity index (χ4n) is 0.752. The van der Waals surface area contributed by atoms with Crippen LogP contribution in [0.25, 0.3) is 0 Å². The lowest BCUT2D eigenvalue weighted by Gasteiger charge is -2.09. The molecule has 1 rings (SSSR count). The van der Waals surface area contributed by atoms with Gasteiger partial charge in [-0.15, -0.1) is 4.85 Å². The fourth-order valence-corrected chi connectivity index (χ4v) is 0.752. The van der Waals surface area contributed by atoms with E-state index in [9.17, 15) is 5.21 Å². The number of hydrogen-bond donors (Lipinski definition) is 4. The van der Waals surface area contributed by atoms with Crippen molar-refractivity contribution in [1.29, 1.82) is 0 Å². The maximum absolute atomic E-state index is 10.9. The van der Waals surface area contributed by atoms with E-state index in [-0.39, 0.29) is 27.9 Å². The molecule has 0 bridgehead atoms. The Kier molecular flexibility index (Phi) is 1.78. The van der Waals surface area contributed by atoms with Crippen LogP contribution < -0.4 is 27.4 Å². The molecule has 0 aliphatic carbocycles. The van der Waals surface area contributed by atoms with Crippen LogP contribution in [0.2, 0.25) is 0 Å². The van der Waals surface area contributed by atoms with Gasteiger partial charge in [0.25, 0.3) is 0 Å². The summed E-state index contributed by atoms with van der Waals surface area (Å²) in [5.41, 5.74) is 16.4. The molecular weight excluding hydrogens is 160 g/mol. The van der Waals surface area contributed by atoms with Gasteiger partial charge in [-0.05, 0) is 0 Å². The van der Waals surface area contributed by atoms with Crippen molar-refractivity contribution in [2.24, 2.45) is 0 Å². The van der Waals surface area contributed by atoms with Gasteiger partial charge in [0.1, 0.15) is 5.69 Å². The number of nitrogens with zero attached hydrogens (tertiary/aromatic N) is 2. The molecule has 0 atom stereocenters. The molecule has 0 unspecified atom stereocenters. The highest BCUT2D eigenvalue weighted by molar-refractivity contribution is 5.80. The van der Waals surface area contributed by atoms with Gasteiger partial charge in [0.15, 0.2) is 11.5 Å². The molecule has 0 radical (unpaired) electrons. The maximum atomic E-state index is 10.9. The Labute approximate surface area is 68.7 Å². The van der Waals surface area contributed by atoms with Crippen LogP contribution in [0.1, 0.15) is 0 Å². The topological polar surface area (TPSA) is 130 Å². The Morgan fingerprint density at radius 1 is 1.33 bits per heavy atom. The molecular formula is C5H10N6O. The van der Waals surface area contributed by atoms with Gasteiger partial charge in [-0.2, -0.15) is 0 Å². The summed E-state index contributed by atoms with van der Waals surface area (Å²) >= 11 is 0. The summed E-state index contributed by atoms with van der Waals surface area (Å²) in [4.78, 5) is 0.220. The van der Waals surface area contributed by atoms with E-state index in [0.717, 1.165) is 0 Å². The SMILES string of the molecule is CNc1n[n+]([O-])c(N)c(N)c1N. The number of aromatic nitrogens is 2. The van der Waals surface area contributed by atoms with Crippen LogP contribution in [0.3, 0.4) is 0 Å². The summed E-state index contributed by atoms with van der Waals surface area (Å²) in [7, 11) is 1.58. The highest BCUT2D eigenvalue weighted by atomic mass is 16.5. The van der Waals surface area contributed by atoms with Crippen molar-refractivity contribution >= 4 is 23.0 Å². The summed E-state index contributed by atoms with van der Waals surface area (Å²) in [6.07, 6.45) is 0. The third-order valence-corrected chi connectivity index (χ3v) is 1.45. The van der Waals surface area contributed by atoms with E-state index < -0.39 is 0 Å². The third kappa shape index (κ3) is 1.00. The van der Waals surface area contributed by atoms with Gasteiger partial charge in [-0.1, -0.05) is 5.10 Å². The van der Waals surface area contributed by atoms with Gasteiger partial charge >= 0.3 is 5.82 Å². The maximum Gasteiger partial charge on any atom is 0.322 e. The molecule has 0 aromatic carbocycles. The third-order valence-electron chi connectivity index (χ3n) is 1.45. The molecule has 7 nitrogen and oxygen atoms in total. The minimum atomic E-state index is -0.188. The molecule has 7 N–H and O–H groups in total. The van der Waals surface area contributed by atoms with Crippen molar-refractivity contribution in [2.75, 3.05) is 29.6 Å². The number of hydrogen-bond acceptors (Lipinski definition) is 6. The van der Waals surface area contributed by atoms with Crippen molar-refractivity contribution < 1.29 is 4.85 Å². The average molecular weight is 170 g/mol. The van der Waals surface area contributed by atoms with E-state index in [1.807, 2.05) is 0 Å². The van der Waals surface area contributed by atoms with Crippen LogP contribution in [0.15, 0.2) is 0 Å². The highest BCUT2D eigenvalue weighted by Gasteiger charge is 2.13. The Bertz CT molecular complexity index is 311. The van der Waals surface area contributed by atoms with Crippen LogP contribution in [0, 0.1) is 5.21 Å². The van der Waals surface area contributed by atoms with Crippen LogP contribution in [0.4, 0.5) is 23.0 Å². The van der Waals surface area contributed by atoms with Gasteiger partial charge in [0, 0.05) is 7.05 Å². The predicted molar refractivity (Wildman–Crippen MR) is 46.0 cm³/mol. The average Bonchev–Trinajstić information content (AvgIpc) is 2.08. The monoisotopic (exact) mass is 170 g/mol. The van der Waals surface area contributed by atoms with E-state index in [1.54, 1.807) is 7.05 Å². The van der Waals surface area contributed by atoms with Gasteiger partial charge in [0.05, 0.1) is 0 Å².